The molecule has 490 valence electrons. The highest BCUT2D eigenvalue weighted by molar-refractivity contribution is 8.04. The minimum atomic E-state index is -1.06. The van der Waals surface area contributed by atoms with E-state index in [1.807, 2.05) is 106 Å². The third-order valence-electron chi connectivity index (χ3n) is 16.2. The van der Waals surface area contributed by atoms with Crippen molar-refractivity contribution < 1.29 is 57.8 Å². The molecule has 3 heterocycles. The van der Waals surface area contributed by atoms with E-state index in [1.165, 1.54) is 35.9 Å². The first-order chi connectivity index (χ1) is 42.9. The summed E-state index contributed by atoms with van der Waals surface area (Å²) in [6.07, 6.45) is 25.6. The van der Waals surface area contributed by atoms with Gasteiger partial charge in [0, 0.05) is 74.4 Å². The molecule has 2 aliphatic heterocycles. The number of piperidine rings is 1. The topological polar surface area (TPSA) is 309 Å². The van der Waals surface area contributed by atoms with Crippen molar-refractivity contribution in [3.63, 3.8) is 0 Å². The number of unbranched alkanes of at least 4 members (excludes halogenated alkanes) is 2. The van der Waals surface area contributed by atoms with E-state index in [-0.39, 0.29) is 105 Å². The zero-order valence-electron chi connectivity index (χ0n) is 53.2. The van der Waals surface area contributed by atoms with Crippen LogP contribution in [0.2, 0.25) is 0 Å². The lowest BCUT2D eigenvalue weighted by atomic mass is 9.92. The minimum Gasteiger partial charge on any atom is -0.481 e. The number of thioether (sulfide) groups is 1. The minimum absolute atomic E-state index is 0.0144. The van der Waals surface area contributed by atoms with Crippen molar-refractivity contribution in [2.45, 2.75) is 173 Å². The van der Waals surface area contributed by atoms with E-state index in [9.17, 15) is 53.1 Å². The Kier molecular flexibility index (Phi) is 30.4. The number of anilines is 1. The number of rotatable bonds is 33. The van der Waals surface area contributed by atoms with Crippen LogP contribution in [0.5, 0.6) is 0 Å². The summed E-state index contributed by atoms with van der Waals surface area (Å²) >= 11 is 2.45. The second-order valence-electron chi connectivity index (χ2n) is 23.6. The zero-order valence-corrected chi connectivity index (χ0v) is 54.8. The van der Waals surface area contributed by atoms with Crippen LogP contribution in [0.1, 0.15) is 152 Å². The lowest BCUT2D eigenvalue weighted by Gasteiger charge is -2.38. The number of nitrogens with two attached hydrogens (primary N) is 1. The van der Waals surface area contributed by atoms with E-state index >= 15 is 0 Å². The van der Waals surface area contributed by atoms with E-state index < -0.39 is 71.2 Å². The average Bonchev–Trinajstić information content (AvgIpc) is 1.76. The number of carbonyl (C=O) groups is 10. The van der Waals surface area contributed by atoms with Crippen LogP contribution >= 0.6 is 23.1 Å². The maximum absolute atomic E-state index is 14.4. The SMILES string of the molecule is CC[C@H](C)[C@H](NC(=O)[C@H]1CCCCN1C)C(=O)N(C)[C@H](C[C@@H](OC(C)=O)c1nc(C(=O)N[C@@H](Cc2ccc(NC(=O)[C@H](CCCNC(N)=O)NC(=O)CCCCCN3C(=O)CC(SC4=C\C=C/C=C\C=C/C=C\C=C4)C3=O)cc2)CC(C)C(=O)O)cs1)C(C)C. The van der Waals surface area contributed by atoms with E-state index in [0.717, 1.165) is 35.6 Å². The van der Waals surface area contributed by atoms with Crippen LogP contribution in [0.25, 0.3) is 0 Å². The number of likely N-dealkylation sites (tertiary alicyclic amines) is 2. The number of likely N-dealkylation sites (N-methyl/N-ethyl adjacent to an activating group) is 2. The molecule has 0 radical (unpaired) electrons. The highest BCUT2D eigenvalue weighted by Gasteiger charge is 2.40. The van der Waals surface area contributed by atoms with Crippen molar-refractivity contribution in [3.05, 3.63) is 118 Å². The standard InChI is InChI=1S/C66H92N10O12S2/c1-9-43(4)58(73-61(82)52-28-21-23-35-74(52)7)64(84)75(8)53(42(2)3)39-54(88-45(6)77)62-72-51(41-89-62)60(81)70-48(37-44(5)65(85)86)38-46-30-32-47(33-31-46)69-59(80)50(27-24-34-68-66(67)87)71-56(78)29-20-17-22-36-76-57(79)40-55(63(76)83)90-49-25-18-15-13-11-10-12-14-16-19-26-49/h10-16,18-19,25-26,30-33,41-44,48,50,52-55,58H,9,17,20-24,27-29,34-40H2,1-8H3,(H,69,80)(H,70,81)(H,71,78)(H,73,82)(H,85,86)(H3,67,68,87)/b11-10-,12-10?,13-11?,14-12-,15-13-,16-14?,18-15?,19-16-,25-18?,26-19?,49-25?,49-26?/t43-,44?,48+,50-,52+,53+,54+,55?,58-/m0/s1. The van der Waals surface area contributed by atoms with Crippen molar-refractivity contribution in [2.24, 2.45) is 23.5 Å². The summed E-state index contributed by atoms with van der Waals surface area (Å²) in [6, 6.07) is 2.70. The molecule has 8 N–H and O–H groups in total. The molecule has 2 fully saturated rings. The lowest BCUT2D eigenvalue weighted by Crippen LogP contribution is -2.58. The van der Waals surface area contributed by atoms with Crippen LogP contribution in [0.4, 0.5) is 10.5 Å². The van der Waals surface area contributed by atoms with Crippen molar-refractivity contribution in [3.8, 4) is 0 Å². The molecule has 1 aromatic heterocycles. The number of carboxylic acids is 1. The van der Waals surface area contributed by atoms with Gasteiger partial charge in [-0.15, -0.1) is 23.1 Å². The third kappa shape index (κ3) is 23.9. The number of ether oxygens (including phenoxy) is 1. The Bertz CT molecular complexity index is 2990. The van der Waals surface area contributed by atoms with Crippen LogP contribution in [0, 0.1) is 17.8 Å². The molecule has 5 rings (SSSR count). The molecule has 0 saturated carbocycles. The summed E-state index contributed by atoms with van der Waals surface area (Å²) in [7, 11) is 3.60. The number of thiazole rings is 1. The molecule has 9 amide bonds. The Balaban J connectivity index is 1.18. The van der Waals surface area contributed by atoms with Gasteiger partial charge >= 0.3 is 18.0 Å². The maximum Gasteiger partial charge on any atom is 0.312 e. The number of urea groups is 1. The fraction of sp³-hybridized carbons (Fsp3) is 0.530. The van der Waals surface area contributed by atoms with Crippen LogP contribution < -0.4 is 32.3 Å². The van der Waals surface area contributed by atoms with E-state index in [1.54, 1.807) is 36.2 Å². The fourth-order valence-electron chi connectivity index (χ4n) is 10.8. The highest BCUT2D eigenvalue weighted by Crippen LogP contribution is 2.34. The monoisotopic (exact) mass is 1280 g/mol. The summed E-state index contributed by atoms with van der Waals surface area (Å²) in [5.74, 6) is -5.25. The van der Waals surface area contributed by atoms with Crippen LogP contribution in [-0.2, 0) is 49.5 Å². The van der Waals surface area contributed by atoms with Crippen molar-refractivity contribution in [1.82, 2.24) is 41.0 Å². The first-order valence-electron chi connectivity index (χ1n) is 31.2. The Morgan fingerprint density at radius 1 is 0.878 bits per heavy atom. The molecule has 0 bridgehead atoms. The van der Waals surface area contributed by atoms with E-state index in [4.69, 9.17) is 10.5 Å². The Hall–Kier alpha value is -7.70. The van der Waals surface area contributed by atoms with E-state index in [2.05, 4.69) is 31.6 Å². The quantitative estimate of drug-likeness (QED) is 0.0202. The van der Waals surface area contributed by atoms with Crippen molar-refractivity contribution in [1.29, 1.82) is 0 Å². The van der Waals surface area contributed by atoms with Gasteiger partial charge < -0.3 is 47.1 Å². The first kappa shape index (κ1) is 73.0. The average molecular weight is 1280 g/mol. The summed E-state index contributed by atoms with van der Waals surface area (Å²) in [4.78, 5) is 142. The number of carboxylic acid groups (broad SMARTS) is 1. The van der Waals surface area contributed by atoms with Crippen molar-refractivity contribution >= 4 is 88.1 Å². The van der Waals surface area contributed by atoms with Gasteiger partial charge in [-0.05, 0) is 107 Å². The Labute approximate surface area is 537 Å². The second kappa shape index (κ2) is 37.5. The maximum atomic E-state index is 14.4. The largest absolute Gasteiger partial charge is 0.481 e. The molecule has 2 saturated heterocycles. The molecule has 90 heavy (non-hydrogen) atoms. The van der Waals surface area contributed by atoms with Gasteiger partial charge in [-0.3, -0.25) is 53.0 Å². The molecule has 3 aliphatic rings. The number of esters is 1. The molecule has 9 atom stereocenters. The van der Waals surface area contributed by atoms with Crippen LogP contribution in [0.3, 0.4) is 0 Å². The van der Waals surface area contributed by atoms with Crippen LogP contribution in [-0.4, -0.2) is 153 Å². The number of benzene rings is 1. The Morgan fingerprint density at radius 2 is 1.57 bits per heavy atom. The van der Waals surface area contributed by atoms with Gasteiger partial charge in [0.25, 0.3) is 5.91 Å². The molecule has 1 aliphatic carbocycles. The number of hydrogen-bond acceptors (Lipinski definition) is 15. The molecular formula is C66H92N10O12S2. The number of allylic oxidation sites excluding steroid dienone is 11. The number of primary amides is 1. The lowest BCUT2D eigenvalue weighted by molar-refractivity contribution is -0.149. The predicted molar refractivity (Wildman–Crippen MR) is 349 cm³/mol. The number of nitrogens with one attached hydrogen (secondary N) is 5. The number of amides is 9. The number of imide groups is 1. The number of carbonyl (C=O) groups excluding carboxylic acids is 9. The van der Waals surface area contributed by atoms with Gasteiger partial charge in [-0.25, -0.2) is 9.78 Å². The molecular weight excluding hydrogens is 1190 g/mol. The van der Waals surface area contributed by atoms with Gasteiger partial charge in [0.1, 0.15) is 22.8 Å². The summed E-state index contributed by atoms with van der Waals surface area (Å²) < 4.78 is 5.84. The van der Waals surface area contributed by atoms with Gasteiger partial charge in [0.15, 0.2) is 6.10 Å². The highest BCUT2D eigenvalue weighted by atomic mass is 32.2. The summed E-state index contributed by atoms with van der Waals surface area (Å²) in [5.41, 5.74) is 6.35. The number of aromatic nitrogens is 1. The molecule has 22 nitrogen and oxygen atoms in total. The molecule has 2 unspecified atom stereocenters. The third-order valence-corrected chi connectivity index (χ3v) is 18.3. The number of nitrogens with zero attached hydrogens (tertiary/aromatic N) is 4. The first-order valence-corrected chi connectivity index (χ1v) is 32.9. The molecule has 0 spiro atoms. The molecule has 2 aromatic rings. The zero-order chi connectivity index (χ0) is 65.9. The number of hydrogen-bond donors (Lipinski definition) is 7. The smallest absolute Gasteiger partial charge is 0.312 e. The van der Waals surface area contributed by atoms with E-state index in [0.29, 0.717) is 54.8 Å². The normalized spacial score (nSPS) is 19.8. The summed E-state index contributed by atoms with van der Waals surface area (Å²) in [5, 5.41) is 25.4. The van der Waals surface area contributed by atoms with Gasteiger partial charge in [-0.2, -0.15) is 0 Å². The van der Waals surface area contributed by atoms with Gasteiger partial charge in [0.2, 0.25) is 35.4 Å². The Morgan fingerprint density at radius 3 is 2.21 bits per heavy atom. The molecule has 1 aromatic carbocycles. The summed E-state index contributed by atoms with van der Waals surface area (Å²) in [6.45, 7) is 11.8. The number of aliphatic carboxylic acids is 1. The fourth-order valence-corrected chi connectivity index (χ4v) is 12.7. The van der Waals surface area contributed by atoms with Crippen LogP contribution in [0.15, 0.2) is 101 Å². The van der Waals surface area contributed by atoms with Crippen molar-refractivity contribution in [2.75, 3.05) is 39.0 Å². The van der Waals surface area contributed by atoms with Gasteiger partial charge in [0.05, 0.1) is 17.2 Å². The predicted octanol–water partition coefficient (Wildman–Crippen LogP) is 8.06. The second-order valence-corrected chi connectivity index (χ2v) is 25.8. The van der Waals surface area contributed by atoms with Gasteiger partial charge in [-0.1, -0.05) is 121 Å². The molecule has 24 heteroatoms.